The molecule has 19 heavy (non-hydrogen) atoms. The van der Waals surface area contributed by atoms with Crippen molar-refractivity contribution in [3.05, 3.63) is 41.5 Å². The van der Waals surface area contributed by atoms with E-state index >= 15 is 0 Å². The Hall–Kier alpha value is -1.88. The number of nitrogens with two attached hydrogens (primary N) is 1. The molecule has 2 heterocycles. The fourth-order valence-corrected chi connectivity index (χ4v) is 2.29. The van der Waals surface area contributed by atoms with Crippen molar-refractivity contribution >= 4 is 0 Å². The van der Waals surface area contributed by atoms with E-state index < -0.39 is 0 Å². The monoisotopic (exact) mass is 259 g/mol. The van der Waals surface area contributed by atoms with E-state index in [2.05, 4.69) is 16.2 Å². The standard InChI is InChI=1S/C14H17N3O2/c1-9(15)6-13-16-14(19-17-13)11-7-10-4-2-3-5-12(10)18-8-11/h2-5,9,11H,6-8,15H2,1H3. The van der Waals surface area contributed by atoms with Crippen LogP contribution < -0.4 is 10.5 Å². The first-order chi connectivity index (χ1) is 9.22. The van der Waals surface area contributed by atoms with Crippen molar-refractivity contribution in [3.8, 4) is 5.75 Å². The smallest absolute Gasteiger partial charge is 0.233 e. The van der Waals surface area contributed by atoms with Gasteiger partial charge in [0.1, 0.15) is 12.4 Å². The SMILES string of the molecule is CC(N)Cc1noc(C2COc3ccccc3C2)n1. The van der Waals surface area contributed by atoms with E-state index in [1.165, 1.54) is 5.56 Å². The quantitative estimate of drug-likeness (QED) is 0.907. The zero-order valence-electron chi connectivity index (χ0n) is 10.9. The summed E-state index contributed by atoms with van der Waals surface area (Å²) in [6.07, 6.45) is 1.50. The third kappa shape index (κ3) is 2.61. The summed E-state index contributed by atoms with van der Waals surface area (Å²) < 4.78 is 11.1. The minimum Gasteiger partial charge on any atom is -0.492 e. The maximum absolute atomic E-state index is 5.73. The van der Waals surface area contributed by atoms with Gasteiger partial charge in [0, 0.05) is 12.5 Å². The number of aromatic nitrogens is 2. The Bertz CT molecular complexity index is 565. The molecule has 2 aromatic rings. The van der Waals surface area contributed by atoms with Gasteiger partial charge in [-0.25, -0.2) is 0 Å². The summed E-state index contributed by atoms with van der Waals surface area (Å²) in [6, 6.07) is 8.09. The van der Waals surface area contributed by atoms with Gasteiger partial charge >= 0.3 is 0 Å². The highest BCUT2D eigenvalue weighted by atomic mass is 16.5. The molecular formula is C14H17N3O2. The van der Waals surface area contributed by atoms with E-state index in [0.717, 1.165) is 12.2 Å². The Morgan fingerprint density at radius 3 is 3.11 bits per heavy atom. The Labute approximate surface area is 111 Å². The van der Waals surface area contributed by atoms with Gasteiger partial charge in [0.25, 0.3) is 0 Å². The zero-order chi connectivity index (χ0) is 13.2. The molecule has 5 heteroatoms. The van der Waals surface area contributed by atoms with Gasteiger partial charge in [0.15, 0.2) is 5.82 Å². The number of para-hydroxylation sites is 1. The molecule has 0 saturated carbocycles. The third-order valence-electron chi connectivity index (χ3n) is 3.22. The van der Waals surface area contributed by atoms with Gasteiger partial charge in [-0.1, -0.05) is 23.4 Å². The molecule has 0 bridgehead atoms. The van der Waals surface area contributed by atoms with Gasteiger partial charge in [0.2, 0.25) is 5.89 Å². The number of ether oxygens (including phenoxy) is 1. The number of nitrogens with zero attached hydrogens (tertiary/aromatic N) is 2. The lowest BCUT2D eigenvalue weighted by Gasteiger charge is -2.22. The molecule has 1 aromatic carbocycles. The van der Waals surface area contributed by atoms with Crippen molar-refractivity contribution in [1.82, 2.24) is 10.1 Å². The van der Waals surface area contributed by atoms with Crippen molar-refractivity contribution in [1.29, 1.82) is 0 Å². The Morgan fingerprint density at radius 1 is 1.42 bits per heavy atom. The van der Waals surface area contributed by atoms with E-state index in [-0.39, 0.29) is 12.0 Å². The van der Waals surface area contributed by atoms with Crippen molar-refractivity contribution < 1.29 is 9.26 Å². The maximum atomic E-state index is 5.73. The second-order valence-corrected chi connectivity index (χ2v) is 5.05. The second kappa shape index (κ2) is 5.01. The summed E-state index contributed by atoms with van der Waals surface area (Å²) in [5, 5.41) is 3.97. The third-order valence-corrected chi connectivity index (χ3v) is 3.22. The van der Waals surface area contributed by atoms with Gasteiger partial charge in [0.05, 0.1) is 5.92 Å². The normalized spacial score (nSPS) is 19.6. The molecule has 2 atom stereocenters. The van der Waals surface area contributed by atoms with Crippen molar-refractivity contribution in [3.63, 3.8) is 0 Å². The van der Waals surface area contributed by atoms with E-state index in [0.29, 0.717) is 24.7 Å². The second-order valence-electron chi connectivity index (χ2n) is 5.05. The van der Waals surface area contributed by atoms with E-state index in [1.54, 1.807) is 0 Å². The van der Waals surface area contributed by atoms with Crippen LogP contribution >= 0.6 is 0 Å². The summed E-state index contributed by atoms with van der Waals surface area (Å²) in [5.41, 5.74) is 6.91. The molecule has 0 radical (unpaired) electrons. The van der Waals surface area contributed by atoms with Crippen LogP contribution in [0.2, 0.25) is 0 Å². The van der Waals surface area contributed by atoms with E-state index in [4.69, 9.17) is 15.0 Å². The lowest BCUT2D eigenvalue weighted by molar-refractivity contribution is 0.230. The lowest BCUT2D eigenvalue weighted by atomic mass is 9.97. The molecule has 2 unspecified atom stereocenters. The van der Waals surface area contributed by atoms with Crippen LogP contribution in [0.25, 0.3) is 0 Å². The minimum absolute atomic E-state index is 0.0359. The minimum atomic E-state index is 0.0359. The Kier molecular flexibility index (Phi) is 3.21. The highest BCUT2D eigenvalue weighted by Gasteiger charge is 2.26. The first kappa shape index (κ1) is 12.2. The van der Waals surface area contributed by atoms with Gasteiger partial charge in [-0.15, -0.1) is 0 Å². The first-order valence-electron chi connectivity index (χ1n) is 6.51. The molecule has 100 valence electrons. The number of hydrogen-bond donors (Lipinski definition) is 1. The fraction of sp³-hybridized carbons (Fsp3) is 0.429. The zero-order valence-corrected chi connectivity index (χ0v) is 10.9. The van der Waals surface area contributed by atoms with Crippen LogP contribution in [0, 0.1) is 0 Å². The van der Waals surface area contributed by atoms with E-state index in [1.807, 2.05) is 25.1 Å². The van der Waals surface area contributed by atoms with Gasteiger partial charge in [-0.2, -0.15) is 4.98 Å². The number of hydrogen-bond acceptors (Lipinski definition) is 5. The summed E-state index contributed by atoms with van der Waals surface area (Å²) in [4.78, 5) is 4.41. The van der Waals surface area contributed by atoms with Gasteiger partial charge in [-0.3, -0.25) is 0 Å². The molecule has 0 saturated heterocycles. The highest BCUT2D eigenvalue weighted by molar-refractivity contribution is 5.36. The number of benzene rings is 1. The predicted octanol–water partition coefficient (Wildman–Crippen LogP) is 1.68. The molecular weight excluding hydrogens is 242 g/mol. The highest BCUT2D eigenvalue weighted by Crippen LogP contribution is 2.31. The Balaban J connectivity index is 1.76. The van der Waals surface area contributed by atoms with Gasteiger partial charge < -0.3 is 15.0 Å². The molecule has 0 fully saturated rings. The predicted molar refractivity (Wildman–Crippen MR) is 70.0 cm³/mol. The van der Waals surface area contributed by atoms with Crippen LogP contribution in [-0.2, 0) is 12.8 Å². The summed E-state index contributed by atoms with van der Waals surface area (Å²) in [6.45, 7) is 2.51. The van der Waals surface area contributed by atoms with Crippen LogP contribution in [0.1, 0.15) is 30.1 Å². The van der Waals surface area contributed by atoms with Crippen molar-refractivity contribution in [2.45, 2.75) is 31.7 Å². The molecule has 1 aliphatic rings. The Morgan fingerprint density at radius 2 is 2.26 bits per heavy atom. The lowest BCUT2D eigenvalue weighted by Crippen LogP contribution is -2.20. The van der Waals surface area contributed by atoms with Crippen LogP contribution in [0.3, 0.4) is 0 Å². The summed E-state index contributed by atoms with van der Waals surface area (Å²) in [5.74, 6) is 2.40. The van der Waals surface area contributed by atoms with Crippen LogP contribution in [0.5, 0.6) is 5.75 Å². The molecule has 0 spiro atoms. The molecule has 3 rings (SSSR count). The van der Waals surface area contributed by atoms with E-state index in [9.17, 15) is 0 Å². The molecule has 5 nitrogen and oxygen atoms in total. The number of rotatable bonds is 3. The van der Waals surface area contributed by atoms with Crippen molar-refractivity contribution in [2.24, 2.45) is 5.73 Å². The maximum Gasteiger partial charge on any atom is 0.233 e. The molecule has 2 N–H and O–H groups in total. The van der Waals surface area contributed by atoms with Crippen molar-refractivity contribution in [2.75, 3.05) is 6.61 Å². The molecule has 0 amide bonds. The van der Waals surface area contributed by atoms with Crippen LogP contribution in [-0.4, -0.2) is 22.8 Å². The average Bonchev–Trinajstić information content (AvgIpc) is 2.86. The topological polar surface area (TPSA) is 74.2 Å². The molecule has 1 aliphatic heterocycles. The van der Waals surface area contributed by atoms with Gasteiger partial charge in [-0.05, 0) is 25.0 Å². The van der Waals surface area contributed by atoms with Crippen LogP contribution in [0.15, 0.2) is 28.8 Å². The summed E-state index contributed by atoms with van der Waals surface area (Å²) >= 11 is 0. The average molecular weight is 259 g/mol. The first-order valence-corrected chi connectivity index (χ1v) is 6.51. The summed E-state index contributed by atoms with van der Waals surface area (Å²) in [7, 11) is 0. The molecule has 1 aromatic heterocycles. The largest absolute Gasteiger partial charge is 0.492 e. The molecule has 0 aliphatic carbocycles. The fourth-order valence-electron chi connectivity index (χ4n) is 2.29. The van der Waals surface area contributed by atoms with Crippen LogP contribution in [0.4, 0.5) is 0 Å². The number of fused-ring (bicyclic) bond motifs is 1.